The maximum absolute atomic E-state index is 12.3. The second-order valence-electron chi connectivity index (χ2n) is 5.56. The number of carbonyl (C=O) groups is 2. The van der Waals surface area contributed by atoms with E-state index in [1.807, 2.05) is 48.5 Å². The van der Waals surface area contributed by atoms with E-state index < -0.39 is 17.9 Å². The summed E-state index contributed by atoms with van der Waals surface area (Å²) in [5.41, 5.74) is 4.31. The number of hydrogen-bond donors (Lipinski definition) is 0. The molecule has 0 saturated heterocycles. The quantitative estimate of drug-likeness (QED) is 0.814. The molecule has 2 aromatic carbocycles. The Morgan fingerprint density at radius 1 is 0.913 bits per heavy atom. The van der Waals surface area contributed by atoms with Gasteiger partial charge in [0, 0.05) is 5.92 Å². The van der Waals surface area contributed by atoms with E-state index in [0.717, 1.165) is 22.3 Å². The lowest BCUT2D eigenvalue weighted by Gasteiger charge is -2.22. The average Bonchev–Trinajstić information content (AvgIpc) is 2.93. The normalized spacial score (nSPS) is 13.8. The molecule has 0 N–H and O–H groups in total. The number of carbonyl (C=O) groups excluding carboxylic acids is 2. The third-order valence-corrected chi connectivity index (χ3v) is 4.40. The van der Waals surface area contributed by atoms with Crippen molar-refractivity contribution in [1.29, 1.82) is 0 Å². The Balaban J connectivity index is 2.12. The molecule has 118 valence electrons. The fourth-order valence-corrected chi connectivity index (χ4v) is 3.38. The van der Waals surface area contributed by atoms with Crippen molar-refractivity contribution in [3.63, 3.8) is 0 Å². The van der Waals surface area contributed by atoms with Gasteiger partial charge in [0.25, 0.3) is 0 Å². The van der Waals surface area contributed by atoms with Crippen molar-refractivity contribution in [3.8, 4) is 11.1 Å². The Labute approximate surface area is 135 Å². The van der Waals surface area contributed by atoms with Crippen molar-refractivity contribution < 1.29 is 19.1 Å². The van der Waals surface area contributed by atoms with E-state index in [2.05, 4.69) is 0 Å². The van der Waals surface area contributed by atoms with E-state index in [0.29, 0.717) is 0 Å². The van der Waals surface area contributed by atoms with Crippen molar-refractivity contribution in [1.82, 2.24) is 0 Å². The first kappa shape index (κ1) is 15.3. The largest absolute Gasteiger partial charge is 0.469 e. The number of fused-ring (bicyclic) bond motifs is 3. The molecular weight excluding hydrogens is 292 g/mol. The highest BCUT2D eigenvalue weighted by molar-refractivity contribution is 5.86. The van der Waals surface area contributed by atoms with Crippen LogP contribution in [0.3, 0.4) is 0 Å². The van der Waals surface area contributed by atoms with Gasteiger partial charge in [0.15, 0.2) is 0 Å². The summed E-state index contributed by atoms with van der Waals surface area (Å²) < 4.78 is 9.72. The van der Waals surface area contributed by atoms with Gasteiger partial charge < -0.3 is 9.47 Å². The minimum absolute atomic E-state index is 0.00346. The van der Waals surface area contributed by atoms with E-state index in [1.165, 1.54) is 14.2 Å². The number of rotatable bonds is 4. The molecule has 1 atom stereocenters. The Morgan fingerprint density at radius 3 is 1.91 bits per heavy atom. The van der Waals surface area contributed by atoms with Crippen molar-refractivity contribution in [3.05, 3.63) is 59.7 Å². The van der Waals surface area contributed by atoms with Gasteiger partial charge in [0.2, 0.25) is 0 Å². The van der Waals surface area contributed by atoms with Gasteiger partial charge in [-0.3, -0.25) is 9.59 Å². The lowest BCUT2D eigenvalue weighted by Crippen LogP contribution is -2.26. The summed E-state index contributed by atoms with van der Waals surface area (Å²) in [5, 5.41) is 0. The summed E-state index contributed by atoms with van der Waals surface area (Å²) in [6.07, 6.45) is -0.00346. The lowest BCUT2D eigenvalue weighted by molar-refractivity contribution is -0.152. The van der Waals surface area contributed by atoms with Gasteiger partial charge in [-0.1, -0.05) is 48.5 Å². The maximum Gasteiger partial charge on any atom is 0.310 e. The summed E-state index contributed by atoms with van der Waals surface area (Å²) in [6, 6.07) is 16.0. The molecule has 0 unspecified atom stereocenters. The number of benzene rings is 2. The molecule has 0 bridgehead atoms. The van der Waals surface area contributed by atoms with E-state index >= 15 is 0 Å². The molecule has 0 fully saturated rings. The molecule has 0 saturated carbocycles. The van der Waals surface area contributed by atoms with Crippen LogP contribution in [-0.2, 0) is 19.1 Å². The molecule has 4 heteroatoms. The third-order valence-electron chi connectivity index (χ3n) is 4.40. The minimum atomic E-state index is -0.600. The van der Waals surface area contributed by atoms with Crippen LogP contribution in [0, 0.1) is 5.92 Å². The molecule has 0 aliphatic heterocycles. The van der Waals surface area contributed by atoms with E-state index in [9.17, 15) is 9.59 Å². The average molecular weight is 310 g/mol. The Kier molecular flexibility index (Phi) is 4.15. The van der Waals surface area contributed by atoms with Gasteiger partial charge in [-0.2, -0.15) is 0 Å². The molecule has 4 nitrogen and oxygen atoms in total. The molecule has 1 aliphatic carbocycles. The smallest absolute Gasteiger partial charge is 0.310 e. The highest BCUT2D eigenvalue weighted by Crippen LogP contribution is 2.49. The molecule has 1 aliphatic rings. The number of methoxy groups -OCH3 is 2. The van der Waals surface area contributed by atoms with Gasteiger partial charge in [0.05, 0.1) is 26.6 Å². The van der Waals surface area contributed by atoms with E-state index in [1.54, 1.807) is 0 Å². The van der Waals surface area contributed by atoms with Crippen LogP contribution in [0.5, 0.6) is 0 Å². The standard InChI is InChI=1S/C19H18O4/c1-22-17(20)11-16(19(21)23-2)18-14-9-5-3-7-12(14)13-8-4-6-10-15(13)18/h3-10,16,18H,11H2,1-2H3/t16-/m1/s1. The predicted molar refractivity (Wildman–Crippen MR) is 85.9 cm³/mol. The SMILES string of the molecule is COC(=O)C[C@@H](C(=O)OC)C1c2ccccc2-c2ccccc21. The van der Waals surface area contributed by atoms with Crippen LogP contribution < -0.4 is 0 Å². The highest BCUT2D eigenvalue weighted by Gasteiger charge is 2.39. The summed E-state index contributed by atoms with van der Waals surface area (Å²) >= 11 is 0. The molecule has 2 aromatic rings. The van der Waals surface area contributed by atoms with Crippen LogP contribution in [0.1, 0.15) is 23.5 Å². The first-order valence-electron chi connectivity index (χ1n) is 7.50. The van der Waals surface area contributed by atoms with Crippen LogP contribution in [0.25, 0.3) is 11.1 Å². The van der Waals surface area contributed by atoms with Crippen LogP contribution >= 0.6 is 0 Å². The van der Waals surface area contributed by atoms with Gasteiger partial charge in [-0.15, -0.1) is 0 Å². The van der Waals surface area contributed by atoms with Crippen LogP contribution in [0.4, 0.5) is 0 Å². The number of esters is 2. The Morgan fingerprint density at radius 2 is 1.43 bits per heavy atom. The molecule has 0 spiro atoms. The first-order valence-corrected chi connectivity index (χ1v) is 7.50. The van der Waals surface area contributed by atoms with Gasteiger partial charge in [-0.05, 0) is 22.3 Å². The van der Waals surface area contributed by atoms with Crippen molar-refractivity contribution in [2.24, 2.45) is 5.92 Å². The molecule has 0 amide bonds. The Bertz CT molecular complexity index is 705. The molecule has 0 heterocycles. The molecule has 0 aromatic heterocycles. The van der Waals surface area contributed by atoms with Crippen molar-refractivity contribution in [2.75, 3.05) is 14.2 Å². The fraction of sp³-hybridized carbons (Fsp3) is 0.263. The van der Waals surface area contributed by atoms with Crippen molar-refractivity contribution in [2.45, 2.75) is 12.3 Å². The van der Waals surface area contributed by atoms with Gasteiger partial charge >= 0.3 is 11.9 Å². The predicted octanol–water partition coefficient (Wildman–Crippen LogP) is 3.15. The highest BCUT2D eigenvalue weighted by atomic mass is 16.5. The molecular formula is C19H18O4. The molecule has 3 rings (SSSR count). The second kappa shape index (κ2) is 6.24. The van der Waals surface area contributed by atoms with E-state index in [-0.39, 0.29) is 12.3 Å². The zero-order valence-corrected chi connectivity index (χ0v) is 13.1. The first-order chi connectivity index (χ1) is 11.2. The van der Waals surface area contributed by atoms with Crippen LogP contribution in [-0.4, -0.2) is 26.2 Å². The van der Waals surface area contributed by atoms with E-state index in [4.69, 9.17) is 9.47 Å². The lowest BCUT2D eigenvalue weighted by atomic mass is 9.82. The third kappa shape index (κ3) is 2.61. The zero-order chi connectivity index (χ0) is 16.4. The summed E-state index contributed by atoms with van der Waals surface area (Å²) in [5.74, 6) is -1.61. The monoisotopic (exact) mass is 310 g/mol. The zero-order valence-electron chi connectivity index (χ0n) is 13.1. The van der Waals surface area contributed by atoms with Gasteiger partial charge in [0.1, 0.15) is 0 Å². The number of ether oxygens (including phenoxy) is 2. The minimum Gasteiger partial charge on any atom is -0.469 e. The summed E-state index contributed by atoms with van der Waals surface area (Å²) in [6.45, 7) is 0. The topological polar surface area (TPSA) is 52.6 Å². The van der Waals surface area contributed by atoms with Crippen molar-refractivity contribution >= 4 is 11.9 Å². The van der Waals surface area contributed by atoms with Crippen LogP contribution in [0.2, 0.25) is 0 Å². The Hall–Kier alpha value is -2.62. The fourth-order valence-electron chi connectivity index (χ4n) is 3.38. The molecule has 23 heavy (non-hydrogen) atoms. The molecule has 0 radical (unpaired) electrons. The maximum atomic E-state index is 12.3. The van der Waals surface area contributed by atoms with Crippen LogP contribution in [0.15, 0.2) is 48.5 Å². The summed E-state index contributed by atoms with van der Waals surface area (Å²) in [7, 11) is 2.67. The second-order valence-corrected chi connectivity index (χ2v) is 5.56. The summed E-state index contributed by atoms with van der Waals surface area (Å²) in [4.78, 5) is 24.1. The van der Waals surface area contributed by atoms with Gasteiger partial charge in [-0.25, -0.2) is 0 Å². The number of hydrogen-bond acceptors (Lipinski definition) is 4.